The Hall–Kier alpha value is -1.06. The Balaban J connectivity index is 2.95. The number of hydrogen-bond donors (Lipinski definition) is 1. The fourth-order valence-corrected chi connectivity index (χ4v) is 2.70. The molecule has 1 aliphatic heterocycles. The standard InChI is InChI=1S/C15H28N2O2/c1-7-10(3)9-11(4)17-12(5)13(18)16-15(6,8-2)14(17)19/h10-12H,7-9H2,1-6H3,(H,16,18). The Kier molecular flexibility index (Phi) is 4.99. The van der Waals surface area contributed by atoms with E-state index < -0.39 is 5.54 Å². The van der Waals surface area contributed by atoms with Crippen LogP contribution in [-0.4, -0.2) is 34.3 Å². The first-order valence-corrected chi connectivity index (χ1v) is 7.41. The number of nitrogens with zero attached hydrogens (tertiary/aromatic N) is 1. The normalized spacial score (nSPS) is 31.1. The molecule has 0 aromatic rings. The molecule has 1 N–H and O–H groups in total. The van der Waals surface area contributed by atoms with Crippen molar-refractivity contribution in [3.05, 3.63) is 0 Å². The van der Waals surface area contributed by atoms with Gasteiger partial charge in [0.05, 0.1) is 0 Å². The van der Waals surface area contributed by atoms with E-state index in [0.29, 0.717) is 12.3 Å². The van der Waals surface area contributed by atoms with Crippen molar-refractivity contribution >= 4 is 11.8 Å². The quantitative estimate of drug-likeness (QED) is 0.832. The summed E-state index contributed by atoms with van der Waals surface area (Å²) in [4.78, 5) is 26.5. The van der Waals surface area contributed by atoms with Crippen LogP contribution in [0.15, 0.2) is 0 Å². The van der Waals surface area contributed by atoms with Crippen LogP contribution < -0.4 is 5.32 Å². The summed E-state index contributed by atoms with van der Waals surface area (Å²) < 4.78 is 0. The van der Waals surface area contributed by atoms with Crippen LogP contribution in [0.3, 0.4) is 0 Å². The smallest absolute Gasteiger partial charge is 0.248 e. The average molecular weight is 268 g/mol. The Labute approximate surface area is 116 Å². The van der Waals surface area contributed by atoms with E-state index in [-0.39, 0.29) is 23.9 Å². The van der Waals surface area contributed by atoms with Crippen molar-refractivity contribution in [3.8, 4) is 0 Å². The van der Waals surface area contributed by atoms with E-state index >= 15 is 0 Å². The number of hydrogen-bond acceptors (Lipinski definition) is 2. The minimum absolute atomic E-state index is 0.0417. The molecule has 4 atom stereocenters. The maximum Gasteiger partial charge on any atom is 0.248 e. The second kappa shape index (κ2) is 5.93. The van der Waals surface area contributed by atoms with Crippen LogP contribution in [-0.2, 0) is 9.59 Å². The van der Waals surface area contributed by atoms with Crippen molar-refractivity contribution < 1.29 is 9.59 Å². The van der Waals surface area contributed by atoms with Crippen LogP contribution in [0.5, 0.6) is 0 Å². The third kappa shape index (κ3) is 3.10. The summed E-state index contributed by atoms with van der Waals surface area (Å²) in [6.45, 7) is 12.0. The lowest BCUT2D eigenvalue weighted by atomic mass is 9.89. The van der Waals surface area contributed by atoms with Crippen LogP contribution in [0.25, 0.3) is 0 Å². The summed E-state index contributed by atoms with van der Waals surface area (Å²) >= 11 is 0. The van der Waals surface area contributed by atoms with Crippen LogP contribution in [0.2, 0.25) is 0 Å². The number of carbonyl (C=O) groups excluding carboxylic acids is 2. The number of rotatable bonds is 5. The zero-order chi connectivity index (χ0) is 14.8. The highest BCUT2D eigenvalue weighted by atomic mass is 16.2. The minimum Gasteiger partial charge on any atom is -0.340 e. The van der Waals surface area contributed by atoms with E-state index in [4.69, 9.17) is 0 Å². The van der Waals surface area contributed by atoms with E-state index in [2.05, 4.69) is 26.1 Å². The van der Waals surface area contributed by atoms with Gasteiger partial charge in [0.25, 0.3) is 0 Å². The summed E-state index contributed by atoms with van der Waals surface area (Å²) in [6, 6.07) is -0.263. The Bertz CT molecular complexity index is 356. The SMILES string of the molecule is CCC(C)CC(C)N1C(=O)C(C)(CC)NC(=O)C1C. The van der Waals surface area contributed by atoms with E-state index in [0.717, 1.165) is 12.8 Å². The van der Waals surface area contributed by atoms with Gasteiger partial charge in [0.15, 0.2) is 0 Å². The second-order valence-electron chi connectivity index (χ2n) is 6.16. The number of amides is 2. The van der Waals surface area contributed by atoms with Crippen LogP contribution in [0.4, 0.5) is 0 Å². The summed E-state index contributed by atoms with van der Waals surface area (Å²) in [6.07, 6.45) is 2.66. The van der Waals surface area contributed by atoms with Crippen molar-refractivity contribution in [2.45, 2.75) is 78.4 Å². The van der Waals surface area contributed by atoms with Gasteiger partial charge in [-0.15, -0.1) is 0 Å². The van der Waals surface area contributed by atoms with E-state index in [9.17, 15) is 9.59 Å². The van der Waals surface area contributed by atoms with E-state index in [1.165, 1.54) is 0 Å². The minimum atomic E-state index is -0.743. The molecule has 4 nitrogen and oxygen atoms in total. The predicted molar refractivity (Wildman–Crippen MR) is 76.7 cm³/mol. The third-order valence-electron chi connectivity index (χ3n) is 4.52. The molecule has 0 radical (unpaired) electrons. The third-order valence-corrected chi connectivity index (χ3v) is 4.52. The molecule has 19 heavy (non-hydrogen) atoms. The van der Waals surface area contributed by atoms with Gasteiger partial charge in [-0.25, -0.2) is 0 Å². The maximum absolute atomic E-state index is 12.7. The van der Waals surface area contributed by atoms with Gasteiger partial charge in [0.1, 0.15) is 11.6 Å². The van der Waals surface area contributed by atoms with Crippen LogP contribution in [0.1, 0.15) is 60.8 Å². The average Bonchev–Trinajstić information content (AvgIpc) is 2.36. The van der Waals surface area contributed by atoms with Gasteiger partial charge in [0.2, 0.25) is 11.8 Å². The van der Waals surface area contributed by atoms with Gasteiger partial charge in [-0.2, -0.15) is 0 Å². The topological polar surface area (TPSA) is 49.4 Å². The van der Waals surface area contributed by atoms with Crippen LogP contribution >= 0.6 is 0 Å². The molecule has 1 saturated heterocycles. The van der Waals surface area contributed by atoms with Gasteiger partial charge >= 0.3 is 0 Å². The lowest BCUT2D eigenvalue weighted by molar-refractivity contribution is -0.156. The molecule has 0 spiro atoms. The number of carbonyl (C=O) groups is 2. The number of nitrogens with one attached hydrogen (secondary N) is 1. The van der Waals surface area contributed by atoms with Crippen molar-refractivity contribution in [1.82, 2.24) is 10.2 Å². The Morgan fingerprint density at radius 1 is 1.32 bits per heavy atom. The zero-order valence-electron chi connectivity index (χ0n) is 13.1. The number of piperazine rings is 1. The molecule has 0 aliphatic carbocycles. The fourth-order valence-electron chi connectivity index (χ4n) is 2.70. The molecule has 4 heteroatoms. The summed E-state index contributed by atoms with van der Waals surface area (Å²) in [5.41, 5.74) is -0.743. The van der Waals surface area contributed by atoms with Crippen molar-refractivity contribution in [3.63, 3.8) is 0 Å². The summed E-state index contributed by atoms with van der Waals surface area (Å²) in [7, 11) is 0. The van der Waals surface area contributed by atoms with Gasteiger partial charge < -0.3 is 10.2 Å². The summed E-state index contributed by atoms with van der Waals surface area (Å²) in [5.74, 6) is 0.575. The van der Waals surface area contributed by atoms with E-state index in [1.807, 2.05) is 20.8 Å². The first-order chi connectivity index (χ1) is 8.76. The summed E-state index contributed by atoms with van der Waals surface area (Å²) in [5, 5.41) is 2.86. The molecule has 110 valence electrons. The first kappa shape index (κ1) is 16.0. The molecule has 1 aliphatic rings. The molecule has 0 aromatic heterocycles. The van der Waals surface area contributed by atoms with Gasteiger partial charge in [0, 0.05) is 6.04 Å². The van der Waals surface area contributed by atoms with Crippen molar-refractivity contribution in [1.29, 1.82) is 0 Å². The molecule has 0 bridgehead atoms. The molecule has 0 aromatic carbocycles. The van der Waals surface area contributed by atoms with Crippen molar-refractivity contribution in [2.75, 3.05) is 0 Å². The molecule has 2 amide bonds. The van der Waals surface area contributed by atoms with Gasteiger partial charge in [-0.05, 0) is 39.5 Å². The molecule has 1 heterocycles. The fraction of sp³-hybridized carbons (Fsp3) is 0.867. The Morgan fingerprint density at radius 3 is 2.37 bits per heavy atom. The lowest BCUT2D eigenvalue weighted by Gasteiger charge is -2.46. The highest BCUT2D eigenvalue weighted by Gasteiger charge is 2.46. The first-order valence-electron chi connectivity index (χ1n) is 7.41. The predicted octanol–water partition coefficient (Wildman–Crippen LogP) is 2.33. The largest absolute Gasteiger partial charge is 0.340 e. The highest BCUT2D eigenvalue weighted by Crippen LogP contribution is 2.26. The molecule has 1 fully saturated rings. The molecule has 4 unspecified atom stereocenters. The van der Waals surface area contributed by atoms with Crippen LogP contribution in [0, 0.1) is 5.92 Å². The Morgan fingerprint density at radius 2 is 1.89 bits per heavy atom. The monoisotopic (exact) mass is 268 g/mol. The van der Waals surface area contributed by atoms with Gasteiger partial charge in [-0.3, -0.25) is 9.59 Å². The second-order valence-corrected chi connectivity index (χ2v) is 6.16. The van der Waals surface area contributed by atoms with Crippen molar-refractivity contribution in [2.24, 2.45) is 5.92 Å². The molecular weight excluding hydrogens is 240 g/mol. The van der Waals surface area contributed by atoms with E-state index in [1.54, 1.807) is 4.90 Å². The maximum atomic E-state index is 12.7. The molecule has 0 saturated carbocycles. The molecular formula is C15H28N2O2. The van der Waals surface area contributed by atoms with Gasteiger partial charge in [-0.1, -0.05) is 27.2 Å². The zero-order valence-corrected chi connectivity index (χ0v) is 13.1. The molecule has 1 rings (SSSR count). The lowest BCUT2D eigenvalue weighted by Crippen LogP contribution is -2.69. The highest BCUT2D eigenvalue weighted by molar-refractivity contribution is 5.99.